The maximum Gasteiger partial charge on any atom is 0.261 e. The fourth-order valence-electron chi connectivity index (χ4n) is 2.10. The van der Waals surface area contributed by atoms with Gasteiger partial charge in [0.15, 0.2) is 0 Å². The predicted octanol–water partition coefficient (Wildman–Crippen LogP) is 2.82. The van der Waals surface area contributed by atoms with Gasteiger partial charge in [-0.15, -0.1) is 0 Å². The van der Waals surface area contributed by atoms with Crippen molar-refractivity contribution in [1.29, 1.82) is 0 Å². The third-order valence-corrected chi connectivity index (χ3v) is 3.20. The Morgan fingerprint density at radius 1 is 1.19 bits per heavy atom. The molecule has 104 valence electrons. The van der Waals surface area contributed by atoms with E-state index in [9.17, 15) is 4.79 Å². The fourth-order valence-corrected chi connectivity index (χ4v) is 2.10. The number of amides is 1. The van der Waals surface area contributed by atoms with Crippen molar-refractivity contribution in [3.63, 3.8) is 0 Å². The van der Waals surface area contributed by atoms with E-state index in [2.05, 4.69) is 15.1 Å². The van der Waals surface area contributed by atoms with Crippen molar-refractivity contribution < 1.29 is 4.79 Å². The predicted molar refractivity (Wildman–Crippen MR) is 82.9 cm³/mol. The van der Waals surface area contributed by atoms with E-state index in [1.807, 2.05) is 43.3 Å². The Hall–Kier alpha value is -2.82. The van der Waals surface area contributed by atoms with Crippen molar-refractivity contribution in [2.75, 3.05) is 5.01 Å². The van der Waals surface area contributed by atoms with Gasteiger partial charge in [-0.05, 0) is 31.2 Å². The van der Waals surface area contributed by atoms with Crippen LogP contribution in [0.15, 0.2) is 65.0 Å². The Labute approximate surface area is 122 Å². The monoisotopic (exact) mass is 278 g/mol. The van der Waals surface area contributed by atoms with Crippen molar-refractivity contribution in [2.24, 2.45) is 16.0 Å². The second-order valence-corrected chi connectivity index (χ2v) is 4.69. The van der Waals surface area contributed by atoms with E-state index >= 15 is 0 Å². The molecule has 5 heteroatoms. The van der Waals surface area contributed by atoms with E-state index in [4.69, 9.17) is 0 Å². The molecule has 2 heterocycles. The molecule has 0 spiro atoms. The highest BCUT2D eigenvalue weighted by Gasteiger charge is 2.32. The van der Waals surface area contributed by atoms with Crippen LogP contribution < -0.4 is 5.01 Å². The van der Waals surface area contributed by atoms with Crippen LogP contribution in [-0.4, -0.2) is 22.8 Å². The molecule has 0 N–H and O–H groups in total. The minimum Gasteiger partial charge on any atom is -0.271 e. The molecule has 0 aliphatic carbocycles. The third-order valence-electron chi connectivity index (χ3n) is 3.20. The third kappa shape index (κ3) is 2.72. The number of hydrogen-bond acceptors (Lipinski definition) is 4. The Kier molecular flexibility index (Phi) is 3.55. The first-order chi connectivity index (χ1) is 10.3. The lowest BCUT2D eigenvalue weighted by atomic mass is 10.1. The van der Waals surface area contributed by atoms with Gasteiger partial charge < -0.3 is 0 Å². The Bertz CT molecular complexity index is 695. The van der Waals surface area contributed by atoms with Gasteiger partial charge in [-0.3, -0.25) is 14.8 Å². The van der Waals surface area contributed by atoms with Crippen molar-refractivity contribution in [2.45, 2.75) is 6.92 Å². The number of para-hydroxylation sites is 1. The van der Waals surface area contributed by atoms with Crippen LogP contribution in [0.3, 0.4) is 0 Å². The molecule has 0 bridgehead atoms. The molecule has 1 atom stereocenters. The van der Waals surface area contributed by atoms with Gasteiger partial charge in [0.05, 0.1) is 23.3 Å². The quantitative estimate of drug-likeness (QED) is 0.811. The van der Waals surface area contributed by atoms with Gasteiger partial charge in [-0.2, -0.15) is 10.1 Å². The van der Waals surface area contributed by atoms with Crippen LogP contribution in [0.2, 0.25) is 0 Å². The maximum absolute atomic E-state index is 12.4. The number of benzene rings is 1. The molecule has 5 nitrogen and oxygen atoms in total. The molecule has 0 saturated carbocycles. The lowest BCUT2D eigenvalue weighted by Crippen LogP contribution is -2.27. The molecule has 1 aromatic heterocycles. The molecule has 3 rings (SSSR count). The van der Waals surface area contributed by atoms with Gasteiger partial charge in [0, 0.05) is 12.4 Å². The van der Waals surface area contributed by atoms with E-state index in [1.54, 1.807) is 24.7 Å². The minimum absolute atomic E-state index is 0.0914. The number of aromatic nitrogens is 1. The maximum atomic E-state index is 12.4. The van der Waals surface area contributed by atoms with Crippen LogP contribution in [0.25, 0.3) is 0 Å². The summed E-state index contributed by atoms with van der Waals surface area (Å²) < 4.78 is 0. The fraction of sp³-hybridized carbons (Fsp3) is 0.125. The number of hydrazone groups is 1. The number of rotatable bonds is 3. The molecule has 1 aliphatic rings. The highest BCUT2D eigenvalue weighted by atomic mass is 16.2. The normalized spacial score (nSPS) is 18.3. The molecule has 0 unspecified atom stereocenters. The number of nitrogens with zero attached hydrogens (tertiary/aromatic N) is 4. The number of carbonyl (C=O) groups is 1. The summed E-state index contributed by atoms with van der Waals surface area (Å²) in [6, 6.07) is 13.0. The lowest BCUT2D eigenvalue weighted by molar-refractivity contribution is -0.118. The van der Waals surface area contributed by atoms with Crippen LogP contribution in [-0.2, 0) is 4.79 Å². The summed E-state index contributed by atoms with van der Waals surface area (Å²) in [5.41, 5.74) is 2.21. The van der Waals surface area contributed by atoms with Crippen LogP contribution in [0, 0.1) is 5.92 Å². The largest absolute Gasteiger partial charge is 0.271 e. The average Bonchev–Trinajstić information content (AvgIpc) is 2.82. The van der Waals surface area contributed by atoms with Gasteiger partial charge in [0.25, 0.3) is 5.91 Å². The van der Waals surface area contributed by atoms with Gasteiger partial charge in [-0.25, -0.2) is 0 Å². The second kappa shape index (κ2) is 5.66. The average molecular weight is 278 g/mol. The molecular formula is C16H14N4O. The first-order valence-electron chi connectivity index (χ1n) is 6.64. The minimum atomic E-state index is -0.426. The zero-order valence-corrected chi connectivity index (χ0v) is 11.5. The van der Waals surface area contributed by atoms with Crippen LogP contribution >= 0.6 is 0 Å². The molecule has 2 aromatic rings. The van der Waals surface area contributed by atoms with Gasteiger partial charge in [0.1, 0.15) is 5.92 Å². The van der Waals surface area contributed by atoms with Crippen molar-refractivity contribution in [3.8, 4) is 0 Å². The first kappa shape index (κ1) is 13.2. The highest BCUT2D eigenvalue weighted by Crippen LogP contribution is 2.23. The zero-order chi connectivity index (χ0) is 14.7. The summed E-state index contributed by atoms with van der Waals surface area (Å²) in [7, 11) is 0. The molecule has 21 heavy (non-hydrogen) atoms. The van der Waals surface area contributed by atoms with Crippen molar-refractivity contribution in [1.82, 2.24) is 4.98 Å². The van der Waals surface area contributed by atoms with E-state index < -0.39 is 5.92 Å². The molecule has 0 fully saturated rings. The number of carbonyl (C=O) groups excluding carboxylic acids is 1. The molecule has 1 aliphatic heterocycles. The Balaban J connectivity index is 1.81. The molecule has 1 amide bonds. The van der Waals surface area contributed by atoms with Crippen molar-refractivity contribution in [3.05, 3.63) is 54.9 Å². The van der Waals surface area contributed by atoms with E-state index in [-0.39, 0.29) is 5.91 Å². The van der Waals surface area contributed by atoms with E-state index in [0.29, 0.717) is 0 Å². The van der Waals surface area contributed by atoms with E-state index in [1.165, 1.54) is 5.01 Å². The Morgan fingerprint density at radius 2 is 2.00 bits per heavy atom. The first-order valence-corrected chi connectivity index (χ1v) is 6.64. The number of hydrogen-bond donors (Lipinski definition) is 0. The van der Waals surface area contributed by atoms with Gasteiger partial charge in [0.2, 0.25) is 0 Å². The molecular weight excluding hydrogens is 264 g/mol. The zero-order valence-electron chi connectivity index (χ0n) is 11.5. The standard InChI is InChI=1S/C16H14N4O/c1-12-15(11-18-13-6-5-9-17-10-13)16(21)20(19-12)14-7-3-2-4-8-14/h2-11,15H,1H3/t15-/m0/s1. The molecule has 0 saturated heterocycles. The second-order valence-electron chi connectivity index (χ2n) is 4.69. The van der Waals surface area contributed by atoms with E-state index in [0.717, 1.165) is 17.1 Å². The summed E-state index contributed by atoms with van der Waals surface area (Å²) in [6.07, 6.45) is 4.96. The summed E-state index contributed by atoms with van der Waals surface area (Å²) in [5.74, 6) is -0.517. The number of aliphatic imine (C=N–C) groups is 1. The molecule has 1 aromatic carbocycles. The molecule has 0 radical (unpaired) electrons. The van der Waals surface area contributed by atoms with Crippen LogP contribution in [0.4, 0.5) is 11.4 Å². The number of pyridine rings is 1. The van der Waals surface area contributed by atoms with Gasteiger partial charge >= 0.3 is 0 Å². The summed E-state index contributed by atoms with van der Waals surface area (Å²) in [5, 5.41) is 5.75. The van der Waals surface area contributed by atoms with Crippen molar-refractivity contribution >= 4 is 29.2 Å². The Morgan fingerprint density at radius 3 is 2.71 bits per heavy atom. The van der Waals surface area contributed by atoms with Crippen LogP contribution in [0.1, 0.15) is 6.92 Å². The lowest BCUT2D eigenvalue weighted by Gasteiger charge is -2.12. The van der Waals surface area contributed by atoms with Gasteiger partial charge in [-0.1, -0.05) is 18.2 Å². The smallest absolute Gasteiger partial charge is 0.261 e. The topological polar surface area (TPSA) is 57.9 Å². The SMILES string of the molecule is CC1=NN(c2ccccc2)C(=O)[C@H]1C=Nc1cccnc1. The van der Waals surface area contributed by atoms with Crippen LogP contribution in [0.5, 0.6) is 0 Å². The summed E-state index contributed by atoms with van der Waals surface area (Å²) >= 11 is 0. The summed E-state index contributed by atoms with van der Waals surface area (Å²) in [4.78, 5) is 20.7. The summed E-state index contributed by atoms with van der Waals surface area (Å²) in [6.45, 7) is 1.83. The highest BCUT2D eigenvalue weighted by molar-refractivity contribution is 6.23. The number of anilines is 1.